The predicted molar refractivity (Wildman–Crippen MR) is 48.6 cm³/mol. The molecule has 1 aliphatic carbocycles. The smallest absolute Gasteiger partial charge is 0.231 e. The van der Waals surface area contributed by atoms with Gasteiger partial charge in [0.1, 0.15) is 0 Å². The lowest BCUT2D eigenvalue weighted by Crippen LogP contribution is -2.38. The van der Waals surface area contributed by atoms with Gasteiger partial charge in [0, 0.05) is 6.54 Å². The minimum atomic E-state index is -0.212. The van der Waals surface area contributed by atoms with Crippen molar-refractivity contribution in [1.82, 2.24) is 4.90 Å². The first-order chi connectivity index (χ1) is 5.72. The summed E-state index contributed by atoms with van der Waals surface area (Å²) in [4.78, 5) is 12.8. The molecule has 0 saturated heterocycles. The van der Waals surface area contributed by atoms with Gasteiger partial charge in [-0.3, -0.25) is 9.69 Å². The third-order valence-electron chi connectivity index (χ3n) is 2.57. The number of hydrogen-bond donors (Lipinski definition) is 1. The molecule has 2 N–H and O–H groups in total. The molecule has 0 spiro atoms. The number of nitrogens with two attached hydrogens (primary N) is 1. The lowest BCUT2D eigenvalue weighted by atomic mass is 9.85. The molecule has 1 rings (SSSR count). The molecule has 1 aliphatic rings. The number of nitrogens with zero attached hydrogens (tertiary/aromatic N) is 1. The Balaban J connectivity index is 2.19. The SMILES string of the molecule is CCN(CC(N)=O)CC1CCC1. The van der Waals surface area contributed by atoms with E-state index in [2.05, 4.69) is 11.8 Å². The summed E-state index contributed by atoms with van der Waals surface area (Å²) < 4.78 is 0. The molecule has 0 atom stereocenters. The zero-order valence-electron chi connectivity index (χ0n) is 7.75. The Labute approximate surface area is 73.9 Å². The molecule has 0 heterocycles. The van der Waals surface area contributed by atoms with Crippen molar-refractivity contribution in [2.75, 3.05) is 19.6 Å². The van der Waals surface area contributed by atoms with Crippen molar-refractivity contribution in [3.05, 3.63) is 0 Å². The van der Waals surface area contributed by atoms with Gasteiger partial charge in [-0.2, -0.15) is 0 Å². The van der Waals surface area contributed by atoms with Crippen LogP contribution >= 0.6 is 0 Å². The summed E-state index contributed by atoms with van der Waals surface area (Å²) in [5.41, 5.74) is 5.12. The first-order valence-electron chi connectivity index (χ1n) is 4.73. The van der Waals surface area contributed by atoms with Gasteiger partial charge in [-0.05, 0) is 25.3 Å². The second-order valence-electron chi connectivity index (χ2n) is 3.59. The van der Waals surface area contributed by atoms with Crippen molar-refractivity contribution in [2.24, 2.45) is 11.7 Å². The highest BCUT2D eigenvalue weighted by Crippen LogP contribution is 2.26. The Morgan fingerprint density at radius 1 is 1.58 bits per heavy atom. The molecule has 0 aromatic heterocycles. The Morgan fingerprint density at radius 3 is 2.58 bits per heavy atom. The predicted octanol–water partition coefficient (Wildman–Crippen LogP) is 0.594. The Kier molecular flexibility index (Phi) is 3.53. The minimum absolute atomic E-state index is 0.212. The van der Waals surface area contributed by atoms with Crippen molar-refractivity contribution in [1.29, 1.82) is 0 Å². The van der Waals surface area contributed by atoms with Gasteiger partial charge < -0.3 is 5.73 Å². The normalized spacial score (nSPS) is 17.8. The molecule has 0 bridgehead atoms. The highest BCUT2D eigenvalue weighted by molar-refractivity contribution is 5.75. The lowest BCUT2D eigenvalue weighted by Gasteiger charge is -2.30. The number of carbonyl (C=O) groups excluding carboxylic acids is 1. The summed E-state index contributed by atoms with van der Waals surface area (Å²) in [5.74, 6) is 0.612. The summed E-state index contributed by atoms with van der Waals surface area (Å²) >= 11 is 0. The fourth-order valence-electron chi connectivity index (χ4n) is 1.57. The average Bonchev–Trinajstić information content (AvgIpc) is 1.93. The Bertz CT molecular complexity index is 155. The van der Waals surface area contributed by atoms with Gasteiger partial charge in [-0.15, -0.1) is 0 Å². The van der Waals surface area contributed by atoms with Gasteiger partial charge in [0.05, 0.1) is 6.54 Å². The van der Waals surface area contributed by atoms with E-state index in [-0.39, 0.29) is 5.91 Å². The highest BCUT2D eigenvalue weighted by atomic mass is 16.1. The van der Waals surface area contributed by atoms with Crippen LogP contribution in [0.1, 0.15) is 26.2 Å². The van der Waals surface area contributed by atoms with E-state index in [0.29, 0.717) is 6.54 Å². The zero-order chi connectivity index (χ0) is 8.97. The fraction of sp³-hybridized carbons (Fsp3) is 0.889. The summed E-state index contributed by atoms with van der Waals surface area (Å²) in [7, 11) is 0. The lowest BCUT2D eigenvalue weighted by molar-refractivity contribution is -0.119. The third-order valence-corrected chi connectivity index (χ3v) is 2.57. The fourth-order valence-corrected chi connectivity index (χ4v) is 1.57. The number of likely N-dealkylation sites (N-methyl/N-ethyl adjacent to an activating group) is 1. The molecular formula is C9H18N2O. The summed E-state index contributed by atoms with van der Waals surface area (Å²) in [6.07, 6.45) is 4.02. The van der Waals surface area contributed by atoms with Gasteiger partial charge >= 0.3 is 0 Å². The van der Waals surface area contributed by atoms with Crippen LogP contribution < -0.4 is 5.73 Å². The van der Waals surface area contributed by atoms with Crippen LogP contribution in [0.3, 0.4) is 0 Å². The van der Waals surface area contributed by atoms with E-state index in [4.69, 9.17) is 5.73 Å². The van der Waals surface area contributed by atoms with Crippen molar-refractivity contribution >= 4 is 5.91 Å². The number of hydrogen-bond acceptors (Lipinski definition) is 2. The molecule has 0 unspecified atom stereocenters. The maximum Gasteiger partial charge on any atom is 0.231 e. The molecule has 12 heavy (non-hydrogen) atoms. The zero-order valence-corrected chi connectivity index (χ0v) is 7.75. The quantitative estimate of drug-likeness (QED) is 0.656. The van der Waals surface area contributed by atoms with Gasteiger partial charge in [0.25, 0.3) is 0 Å². The van der Waals surface area contributed by atoms with E-state index in [0.717, 1.165) is 19.0 Å². The van der Waals surface area contributed by atoms with Crippen molar-refractivity contribution in [3.63, 3.8) is 0 Å². The van der Waals surface area contributed by atoms with Crippen LogP contribution in [0.2, 0.25) is 0 Å². The molecule has 0 radical (unpaired) electrons. The van der Waals surface area contributed by atoms with Crippen LogP contribution in [0.25, 0.3) is 0 Å². The number of primary amides is 1. The topological polar surface area (TPSA) is 46.3 Å². The van der Waals surface area contributed by atoms with Crippen LogP contribution in [0.4, 0.5) is 0 Å². The summed E-state index contributed by atoms with van der Waals surface area (Å²) in [5, 5.41) is 0. The van der Waals surface area contributed by atoms with E-state index >= 15 is 0 Å². The summed E-state index contributed by atoms with van der Waals surface area (Å²) in [6.45, 7) is 4.48. The second-order valence-corrected chi connectivity index (χ2v) is 3.59. The van der Waals surface area contributed by atoms with Crippen LogP contribution in [-0.4, -0.2) is 30.4 Å². The number of carbonyl (C=O) groups is 1. The van der Waals surface area contributed by atoms with Crippen LogP contribution in [0, 0.1) is 5.92 Å². The standard InChI is InChI=1S/C9H18N2O/c1-2-11(7-9(10)12)6-8-4-3-5-8/h8H,2-7H2,1H3,(H2,10,12). The molecule has 70 valence electrons. The number of rotatable bonds is 5. The van der Waals surface area contributed by atoms with E-state index in [1.165, 1.54) is 19.3 Å². The molecular weight excluding hydrogens is 152 g/mol. The van der Waals surface area contributed by atoms with Gasteiger partial charge in [-0.1, -0.05) is 13.3 Å². The summed E-state index contributed by atoms with van der Waals surface area (Å²) in [6, 6.07) is 0. The number of amides is 1. The maximum absolute atomic E-state index is 10.6. The van der Waals surface area contributed by atoms with Gasteiger partial charge in [-0.25, -0.2) is 0 Å². The van der Waals surface area contributed by atoms with Crippen LogP contribution in [-0.2, 0) is 4.79 Å². The maximum atomic E-state index is 10.6. The highest BCUT2D eigenvalue weighted by Gasteiger charge is 2.20. The minimum Gasteiger partial charge on any atom is -0.369 e. The first kappa shape index (κ1) is 9.52. The van der Waals surface area contributed by atoms with Crippen molar-refractivity contribution < 1.29 is 4.79 Å². The molecule has 1 amide bonds. The van der Waals surface area contributed by atoms with E-state index in [1.807, 2.05) is 0 Å². The van der Waals surface area contributed by atoms with E-state index in [1.54, 1.807) is 0 Å². The Hall–Kier alpha value is -0.570. The molecule has 1 saturated carbocycles. The van der Waals surface area contributed by atoms with Gasteiger partial charge in [0.2, 0.25) is 5.91 Å². The van der Waals surface area contributed by atoms with E-state index < -0.39 is 0 Å². The molecule has 3 heteroatoms. The van der Waals surface area contributed by atoms with Crippen molar-refractivity contribution in [2.45, 2.75) is 26.2 Å². The molecule has 0 aliphatic heterocycles. The van der Waals surface area contributed by atoms with Crippen molar-refractivity contribution in [3.8, 4) is 0 Å². The molecule has 0 aromatic carbocycles. The van der Waals surface area contributed by atoms with E-state index in [9.17, 15) is 4.79 Å². The second kappa shape index (κ2) is 4.45. The molecule has 0 aromatic rings. The molecule has 1 fully saturated rings. The monoisotopic (exact) mass is 170 g/mol. The Morgan fingerprint density at radius 2 is 2.25 bits per heavy atom. The first-order valence-corrected chi connectivity index (χ1v) is 4.73. The van der Waals surface area contributed by atoms with Gasteiger partial charge in [0.15, 0.2) is 0 Å². The largest absolute Gasteiger partial charge is 0.369 e. The third kappa shape index (κ3) is 2.81. The average molecular weight is 170 g/mol. The van der Waals surface area contributed by atoms with Crippen LogP contribution in [0.15, 0.2) is 0 Å². The van der Waals surface area contributed by atoms with Crippen LogP contribution in [0.5, 0.6) is 0 Å². The molecule has 3 nitrogen and oxygen atoms in total.